The fourth-order valence-corrected chi connectivity index (χ4v) is 10.1. The van der Waals surface area contributed by atoms with Crippen molar-refractivity contribution >= 4 is 52.2 Å². The van der Waals surface area contributed by atoms with Crippen LogP contribution in [0.25, 0.3) is 0 Å². The molecule has 55 heavy (non-hydrogen) atoms. The van der Waals surface area contributed by atoms with Gasteiger partial charge in [-0.25, -0.2) is 0 Å². The SMILES string of the molecule is CC(C)S(=O)(=O)OC[C@H]1O[C@@H](SC(c2ccccc2)(c2ccccc2)c2ccccc2)[C@H](OS(=O)(=O)C(C)C)[C@@H](OS(=O)(=O)C(C)C)[C@@H]1OS(=O)(=O)C(C)C. The van der Waals surface area contributed by atoms with E-state index < -0.39 is 103 Å². The van der Waals surface area contributed by atoms with Gasteiger partial charge in [0.25, 0.3) is 40.5 Å². The maximum absolute atomic E-state index is 13.7. The molecule has 306 valence electrons. The molecule has 0 bridgehead atoms. The Balaban J connectivity index is 2.09. The molecule has 1 aliphatic rings. The summed E-state index contributed by atoms with van der Waals surface area (Å²) in [6.45, 7) is 9.90. The highest BCUT2D eigenvalue weighted by atomic mass is 32.2. The predicted octanol–water partition coefficient (Wildman–Crippen LogP) is 5.56. The zero-order chi connectivity index (χ0) is 41.0. The van der Waals surface area contributed by atoms with Crippen LogP contribution in [0.5, 0.6) is 0 Å². The van der Waals surface area contributed by atoms with Crippen LogP contribution < -0.4 is 0 Å². The second kappa shape index (κ2) is 18.0. The molecule has 0 aromatic heterocycles. The number of rotatable bonds is 18. The predicted molar refractivity (Wildman–Crippen MR) is 212 cm³/mol. The second-order valence-electron chi connectivity index (χ2n) is 14.1. The van der Waals surface area contributed by atoms with Crippen LogP contribution in [0.3, 0.4) is 0 Å². The van der Waals surface area contributed by atoms with Gasteiger partial charge in [0.05, 0.1) is 32.4 Å². The van der Waals surface area contributed by atoms with Crippen molar-refractivity contribution < 1.29 is 55.1 Å². The lowest BCUT2D eigenvalue weighted by Crippen LogP contribution is -2.63. The maximum Gasteiger partial charge on any atom is 0.270 e. The molecule has 0 aliphatic carbocycles. The third kappa shape index (κ3) is 10.6. The van der Waals surface area contributed by atoms with Gasteiger partial charge in [-0.2, -0.15) is 33.7 Å². The molecule has 0 N–H and O–H groups in total. The molecule has 1 heterocycles. The van der Waals surface area contributed by atoms with Gasteiger partial charge >= 0.3 is 0 Å². The Kier molecular flexibility index (Phi) is 14.9. The van der Waals surface area contributed by atoms with Crippen LogP contribution in [0, 0.1) is 0 Å². The molecule has 0 saturated carbocycles. The largest absolute Gasteiger partial charge is 0.356 e. The number of hydrogen-bond donors (Lipinski definition) is 0. The Labute approximate surface area is 331 Å². The van der Waals surface area contributed by atoms with E-state index in [1.807, 2.05) is 91.0 Å². The zero-order valence-electron chi connectivity index (χ0n) is 31.9. The number of thioether (sulfide) groups is 1. The smallest absolute Gasteiger partial charge is 0.270 e. The van der Waals surface area contributed by atoms with Crippen molar-refractivity contribution in [1.82, 2.24) is 0 Å². The molecule has 1 saturated heterocycles. The van der Waals surface area contributed by atoms with E-state index in [1.165, 1.54) is 55.4 Å². The van der Waals surface area contributed by atoms with E-state index in [-0.39, 0.29) is 0 Å². The molecule has 1 fully saturated rings. The molecule has 0 radical (unpaired) electrons. The van der Waals surface area contributed by atoms with Crippen LogP contribution in [-0.2, 0) is 66.7 Å². The van der Waals surface area contributed by atoms with Crippen molar-refractivity contribution in [2.75, 3.05) is 6.61 Å². The van der Waals surface area contributed by atoms with Crippen molar-refractivity contribution in [3.8, 4) is 0 Å². The van der Waals surface area contributed by atoms with Gasteiger partial charge < -0.3 is 4.74 Å². The number of hydrogen-bond acceptors (Lipinski definition) is 14. The van der Waals surface area contributed by atoms with Crippen LogP contribution in [0.1, 0.15) is 72.1 Å². The summed E-state index contributed by atoms with van der Waals surface area (Å²) >= 11 is 1.04. The minimum Gasteiger partial charge on any atom is -0.356 e. The molecule has 5 atom stereocenters. The summed E-state index contributed by atoms with van der Waals surface area (Å²) in [5.41, 5.74) is 0.581. The summed E-state index contributed by atoms with van der Waals surface area (Å²) in [5.74, 6) is 0. The van der Waals surface area contributed by atoms with Crippen LogP contribution in [-0.4, -0.2) is 91.1 Å². The molecule has 1 aliphatic heterocycles. The number of ether oxygens (including phenoxy) is 1. The van der Waals surface area contributed by atoms with Crippen molar-refractivity contribution in [1.29, 1.82) is 0 Å². The van der Waals surface area contributed by atoms with E-state index in [0.29, 0.717) is 16.7 Å². The van der Waals surface area contributed by atoms with Gasteiger partial charge in [-0.3, -0.25) is 16.7 Å². The van der Waals surface area contributed by atoms with Crippen LogP contribution in [0.4, 0.5) is 0 Å². The maximum atomic E-state index is 13.7. The molecule has 18 heteroatoms. The van der Waals surface area contributed by atoms with Gasteiger partial charge in [-0.15, -0.1) is 11.8 Å². The molecule has 4 rings (SSSR count). The van der Waals surface area contributed by atoms with E-state index in [0.717, 1.165) is 11.8 Å². The van der Waals surface area contributed by atoms with Crippen molar-refractivity contribution in [2.45, 2.75) is 111 Å². The van der Waals surface area contributed by atoms with Crippen molar-refractivity contribution in [3.05, 3.63) is 108 Å². The highest BCUT2D eigenvalue weighted by Crippen LogP contribution is 2.53. The average molecular weight is 863 g/mol. The first-order chi connectivity index (χ1) is 25.5. The van der Waals surface area contributed by atoms with Gasteiger partial charge in [0.1, 0.15) is 29.9 Å². The van der Waals surface area contributed by atoms with E-state index in [4.69, 9.17) is 21.5 Å². The Morgan fingerprint density at radius 2 is 0.836 bits per heavy atom. The monoisotopic (exact) mass is 862 g/mol. The lowest BCUT2D eigenvalue weighted by atomic mass is 9.84. The number of benzene rings is 3. The molecular weight excluding hydrogens is 813 g/mol. The molecule has 3 aromatic carbocycles. The molecule has 13 nitrogen and oxygen atoms in total. The van der Waals surface area contributed by atoms with Crippen LogP contribution >= 0.6 is 11.8 Å². The van der Waals surface area contributed by atoms with E-state index in [2.05, 4.69) is 0 Å². The molecule has 0 spiro atoms. The second-order valence-corrected chi connectivity index (χ2v) is 23.9. The lowest BCUT2D eigenvalue weighted by molar-refractivity contribution is -0.179. The van der Waals surface area contributed by atoms with Gasteiger partial charge in [0.15, 0.2) is 0 Å². The minimum absolute atomic E-state index is 0.703. The summed E-state index contributed by atoms with van der Waals surface area (Å²) in [4.78, 5) is 0. The standard InChI is InChI=1S/C37H50O13S5/c1-25(2)52(38,39)46-24-32-33(48-53(40,41)26(3)4)34(49-54(42,43)27(5)6)35(50-55(44,45)28(7)8)36(47-32)51-37(29-18-12-9-13-19-29,30-20-14-10-15-21-30)31-22-16-11-17-23-31/h9-23,25-28,32-36H,24H2,1-8H3/t32-,33-,34+,35-,36+/m1/s1. The summed E-state index contributed by atoms with van der Waals surface area (Å²) in [6.07, 6.45) is -7.58. The Bertz CT molecular complexity index is 2050. The first-order valence-corrected chi connectivity index (χ1v) is 24.5. The fourth-order valence-electron chi connectivity index (χ4n) is 5.43. The quantitative estimate of drug-likeness (QED) is 0.114. The van der Waals surface area contributed by atoms with Crippen LogP contribution in [0.2, 0.25) is 0 Å². The first-order valence-electron chi connectivity index (χ1n) is 17.7. The average Bonchev–Trinajstić information content (AvgIpc) is 3.12. The Morgan fingerprint density at radius 1 is 0.509 bits per heavy atom. The van der Waals surface area contributed by atoms with Gasteiger partial charge in [-0.1, -0.05) is 91.0 Å². The third-order valence-corrected chi connectivity index (χ3v) is 17.1. The molecule has 3 aromatic rings. The third-order valence-electron chi connectivity index (χ3n) is 8.87. The highest BCUT2D eigenvalue weighted by molar-refractivity contribution is 8.01. The van der Waals surface area contributed by atoms with Gasteiger partial charge in [0, 0.05) is 0 Å². The topological polar surface area (TPSA) is 183 Å². The zero-order valence-corrected chi connectivity index (χ0v) is 36.0. The molecule has 0 amide bonds. The summed E-state index contributed by atoms with van der Waals surface area (Å²) in [5, 5.41) is -4.55. The molecule has 0 unspecified atom stereocenters. The minimum atomic E-state index is -4.59. The first kappa shape index (κ1) is 45.3. The van der Waals surface area contributed by atoms with Crippen LogP contribution in [0.15, 0.2) is 91.0 Å². The van der Waals surface area contributed by atoms with E-state index in [9.17, 15) is 33.7 Å². The summed E-state index contributed by atoms with van der Waals surface area (Å²) in [6, 6.07) is 27.6. The van der Waals surface area contributed by atoms with Crippen molar-refractivity contribution in [3.63, 3.8) is 0 Å². The van der Waals surface area contributed by atoms with Crippen molar-refractivity contribution in [2.24, 2.45) is 0 Å². The van der Waals surface area contributed by atoms with E-state index in [1.54, 1.807) is 0 Å². The highest BCUT2D eigenvalue weighted by Gasteiger charge is 2.56. The fraction of sp³-hybridized carbons (Fsp3) is 0.514. The van der Waals surface area contributed by atoms with Gasteiger partial charge in [0.2, 0.25) is 0 Å². The lowest BCUT2D eigenvalue weighted by Gasteiger charge is -2.47. The summed E-state index contributed by atoms with van der Waals surface area (Å²) in [7, 11) is -17.9. The Hall–Kier alpha value is -2.39. The summed E-state index contributed by atoms with van der Waals surface area (Å²) < 4.78 is 136. The Morgan fingerprint density at radius 3 is 1.18 bits per heavy atom. The molecular formula is C37H50O13S5. The normalized spacial score (nSPS) is 21.8. The van der Waals surface area contributed by atoms with E-state index >= 15 is 0 Å². The van der Waals surface area contributed by atoms with Gasteiger partial charge in [-0.05, 0) is 72.1 Å².